The zero-order valence-corrected chi connectivity index (χ0v) is 16.3. The Morgan fingerprint density at radius 3 is 2.48 bits per heavy atom. The molecule has 1 heterocycles. The smallest absolute Gasteiger partial charge is 0.263 e. The molecule has 0 radical (unpaired) electrons. The average Bonchev–Trinajstić information content (AvgIpc) is 2.70. The number of nitrogens with one attached hydrogen (secondary N) is 1. The van der Waals surface area contributed by atoms with Crippen molar-refractivity contribution in [1.29, 1.82) is 0 Å². The Morgan fingerprint density at radius 1 is 1.11 bits per heavy atom. The lowest BCUT2D eigenvalue weighted by molar-refractivity contribution is -0.138. The molecule has 0 spiro atoms. The number of rotatable bonds is 6. The minimum Gasteiger partial charge on any atom is -0.497 e. The van der Waals surface area contributed by atoms with Crippen LogP contribution in [0.2, 0.25) is 0 Å². The van der Waals surface area contributed by atoms with Crippen LogP contribution in [0.15, 0.2) is 48.5 Å². The SMILES string of the molecule is COc1cccc(NC2CCN(C(=O)C(C)Oc3ccc(C)cc3)CC2)c1. The van der Waals surface area contributed by atoms with E-state index >= 15 is 0 Å². The lowest BCUT2D eigenvalue weighted by Gasteiger charge is -2.34. The maximum Gasteiger partial charge on any atom is 0.263 e. The van der Waals surface area contributed by atoms with Gasteiger partial charge >= 0.3 is 0 Å². The van der Waals surface area contributed by atoms with Crippen LogP contribution in [-0.4, -0.2) is 43.2 Å². The third-order valence-electron chi connectivity index (χ3n) is 4.93. The molecule has 144 valence electrons. The van der Waals surface area contributed by atoms with Crippen molar-refractivity contribution in [3.63, 3.8) is 0 Å². The van der Waals surface area contributed by atoms with Crippen LogP contribution < -0.4 is 14.8 Å². The van der Waals surface area contributed by atoms with E-state index in [1.807, 2.05) is 67.3 Å². The first kappa shape index (κ1) is 19.1. The first-order valence-electron chi connectivity index (χ1n) is 9.48. The minimum absolute atomic E-state index is 0.0513. The fourth-order valence-electron chi connectivity index (χ4n) is 3.32. The Hall–Kier alpha value is -2.69. The average molecular weight is 368 g/mol. The van der Waals surface area contributed by atoms with E-state index < -0.39 is 6.10 Å². The second kappa shape index (κ2) is 8.80. The van der Waals surface area contributed by atoms with Crippen LogP contribution in [0.4, 0.5) is 5.69 Å². The summed E-state index contributed by atoms with van der Waals surface area (Å²) in [4.78, 5) is 14.6. The van der Waals surface area contributed by atoms with E-state index in [0.717, 1.165) is 43.1 Å². The largest absolute Gasteiger partial charge is 0.497 e. The highest BCUT2D eigenvalue weighted by Gasteiger charge is 2.27. The first-order chi connectivity index (χ1) is 13.0. The third-order valence-corrected chi connectivity index (χ3v) is 4.93. The molecule has 0 saturated carbocycles. The molecule has 1 aliphatic heterocycles. The Bertz CT molecular complexity index is 752. The number of aryl methyl sites for hydroxylation is 1. The fraction of sp³-hybridized carbons (Fsp3) is 0.409. The Morgan fingerprint density at radius 2 is 1.81 bits per heavy atom. The molecule has 1 atom stereocenters. The van der Waals surface area contributed by atoms with E-state index in [0.29, 0.717) is 6.04 Å². The second-order valence-corrected chi connectivity index (χ2v) is 7.05. The summed E-state index contributed by atoms with van der Waals surface area (Å²) in [5.74, 6) is 1.63. The van der Waals surface area contributed by atoms with E-state index in [4.69, 9.17) is 9.47 Å². The van der Waals surface area contributed by atoms with Crippen molar-refractivity contribution in [2.45, 2.75) is 38.8 Å². The number of carbonyl (C=O) groups excluding carboxylic acids is 1. The van der Waals surface area contributed by atoms with E-state index in [9.17, 15) is 4.79 Å². The molecule has 1 N–H and O–H groups in total. The number of methoxy groups -OCH3 is 1. The van der Waals surface area contributed by atoms with E-state index in [1.54, 1.807) is 7.11 Å². The zero-order chi connectivity index (χ0) is 19.2. The summed E-state index contributed by atoms with van der Waals surface area (Å²) in [6.07, 6.45) is 1.36. The number of piperidine rings is 1. The van der Waals surface area contributed by atoms with Crippen molar-refractivity contribution < 1.29 is 14.3 Å². The van der Waals surface area contributed by atoms with Gasteiger partial charge in [0, 0.05) is 30.9 Å². The zero-order valence-electron chi connectivity index (χ0n) is 16.3. The van der Waals surface area contributed by atoms with Crippen molar-refractivity contribution in [1.82, 2.24) is 4.90 Å². The number of ether oxygens (including phenoxy) is 2. The van der Waals surface area contributed by atoms with E-state index in [2.05, 4.69) is 5.32 Å². The molecule has 2 aromatic carbocycles. The fourth-order valence-corrected chi connectivity index (χ4v) is 3.32. The molecule has 1 fully saturated rings. The molecule has 1 unspecified atom stereocenters. The van der Waals surface area contributed by atoms with Gasteiger partial charge in [-0.3, -0.25) is 4.79 Å². The maximum absolute atomic E-state index is 12.7. The van der Waals surface area contributed by atoms with Crippen LogP contribution in [0.3, 0.4) is 0 Å². The number of likely N-dealkylation sites (tertiary alicyclic amines) is 1. The molecule has 0 aromatic heterocycles. The van der Waals surface area contributed by atoms with Gasteiger partial charge in [-0.05, 0) is 51.0 Å². The van der Waals surface area contributed by atoms with Gasteiger partial charge < -0.3 is 19.7 Å². The van der Waals surface area contributed by atoms with Gasteiger partial charge in [-0.2, -0.15) is 0 Å². The first-order valence-corrected chi connectivity index (χ1v) is 9.48. The van der Waals surface area contributed by atoms with Crippen LogP contribution in [0, 0.1) is 6.92 Å². The molecule has 1 saturated heterocycles. The molecular weight excluding hydrogens is 340 g/mol. The van der Waals surface area contributed by atoms with Crippen molar-refractivity contribution >= 4 is 11.6 Å². The number of hydrogen-bond donors (Lipinski definition) is 1. The summed E-state index contributed by atoms with van der Waals surface area (Å²) in [6, 6.07) is 16.1. The monoisotopic (exact) mass is 368 g/mol. The predicted molar refractivity (Wildman–Crippen MR) is 107 cm³/mol. The normalized spacial score (nSPS) is 15.9. The van der Waals surface area contributed by atoms with Gasteiger partial charge in [0.1, 0.15) is 11.5 Å². The highest BCUT2D eigenvalue weighted by atomic mass is 16.5. The van der Waals surface area contributed by atoms with Crippen LogP contribution in [-0.2, 0) is 4.79 Å². The van der Waals surface area contributed by atoms with Crippen LogP contribution >= 0.6 is 0 Å². The van der Waals surface area contributed by atoms with Gasteiger partial charge in [-0.25, -0.2) is 0 Å². The topological polar surface area (TPSA) is 50.8 Å². The molecule has 1 aliphatic rings. The molecule has 5 nitrogen and oxygen atoms in total. The van der Waals surface area contributed by atoms with Gasteiger partial charge in [0.05, 0.1) is 7.11 Å². The number of amides is 1. The minimum atomic E-state index is -0.476. The molecule has 2 aromatic rings. The number of benzene rings is 2. The van der Waals surface area contributed by atoms with Gasteiger partial charge in [0.15, 0.2) is 6.10 Å². The molecule has 5 heteroatoms. The second-order valence-electron chi connectivity index (χ2n) is 7.05. The quantitative estimate of drug-likeness (QED) is 0.841. The molecular formula is C22H28N2O3. The predicted octanol–water partition coefficient (Wildman–Crippen LogP) is 3.87. The lowest BCUT2D eigenvalue weighted by Crippen LogP contribution is -2.47. The van der Waals surface area contributed by atoms with Gasteiger partial charge in [-0.1, -0.05) is 23.8 Å². The number of nitrogens with zero attached hydrogens (tertiary/aromatic N) is 1. The number of anilines is 1. The van der Waals surface area contributed by atoms with Crippen molar-refractivity contribution in [3.8, 4) is 11.5 Å². The molecule has 0 aliphatic carbocycles. The summed E-state index contributed by atoms with van der Waals surface area (Å²) in [7, 11) is 1.67. The van der Waals surface area contributed by atoms with Gasteiger partial charge in [0.2, 0.25) is 0 Å². The Kier molecular flexibility index (Phi) is 6.22. The summed E-state index contributed by atoms with van der Waals surface area (Å²) >= 11 is 0. The third kappa shape index (κ3) is 5.16. The van der Waals surface area contributed by atoms with E-state index in [-0.39, 0.29) is 5.91 Å². The molecule has 27 heavy (non-hydrogen) atoms. The van der Waals surface area contributed by atoms with Crippen LogP contribution in [0.1, 0.15) is 25.3 Å². The highest BCUT2D eigenvalue weighted by Crippen LogP contribution is 2.22. The molecule has 1 amide bonds. The van der Waals surface area contributed by atoms with Gasteiger partial charge in [-0.15, -0.1) is 0 Å². The summed E-state index contributed by atoms with van der Waals surface area (Å²) in [5, 5.41) is 3.54. The standard InChI is InChI=1S/C22H28N2O3/c1-16-7-9-20(10-8-16)27-17(2)22(25)24-13-11-18(12-14-24)23-19-5-4-6-21(15-19)26-3/h4-10,15,17-18,23H,11-14H2,1-3H3. The summed E-state index contributed by atoms with van der Waals surface area (Å²) < 4.78 is 11.1. The maximum atomic E-state index is 12.7. The molecule has 0 bridgehead atoms. The molecule has 3 rings (SSSR count). The van der Waals surface area contributed by atoms with E-state index in [1.165, 1.54) is 5.56 Å². The van der Waals surface area contributed by atoms with Crippen molar-refractivity contribution in [2.75, 3.05) is 25.5 Å². The number of carbonyl (C=O) groups is 1. The highest BCUT2D eigenvalue weighted by molar-refractivity contribution is 5.81. The van der Waals surface area contributed by atoms with Crippen molar-refractivity contribution in [2.24, 2.45) is 0 Å². The summed E-state index contributed by atoms with van der Waals surface area (Å²) in [5.41, 5.74) is 2.22. The Balaban J connectivity index is 1.49. The Labute approximate surface area is 161 Å². The lowest BCUT2D eigenvalue weighted by atomic mass is 10.0. The van der Waals surface area contributed by atoms with Gasteiger partial charge in [0.25, 0.3) is 5.91 Å². The van der Waals surface area contributed by atoms with Crippen LogP contribution in [0.25, 0.3) is 0 Å². The number of hydrogen-bond acceptors (Lipinski definition) is 4. The summed E-state index contributed by atoms with van der Waals surface area (Å²) in [6.45, 7) is 5.33. The van der Waals surface area contributed by atoms with Crippen molar-refractivity contribution in [3.05, 3.63) is 54.1 Å². The van der Waals surface area contributed by atoms with Crippen LogP contribution in [0.5, 0.6) is 11.5 Å².